The second-order valence-electron chi connectivity index (χ2n) is 6.43. The molecule has 10 heteroatoms. The molecule has 0 radical (unpaired) electrons. The standard InChI is InChI=1S/C19H17ClF3N3OS2/c1-11-8-13(4-6-15(11)20)16-10-28-18(25-16)26-29(3,27)12(2)14-5-7-17(24-9-14)19(21,22)23/h4-10H,1-3H3,(H,25,26,27). The Labute approximate surface area is 175 Å². The lowest BCUT2D eigenvalue weighted by Gasteiger charge is -2.12. The molecule has 0 fully saturated rings. The van der Waals surface area contributed by atoms with E-state index in [1.807, 2.05) is 24.4 Å². The fourth-order valence-electron chi connectivity index (χ4n) is 2.50. The van der Waals surface area contributed by atoms with E-state index in [9.17, 15) is 17.4 Å². The van der Waals surface area contributed by atoms with Gasteiger partial charge in [-0.2, -0.15) is 13.2 Å². The van der Waals surface area contributed by atoms with E-state index in [0.717, 1.165) is 23.4 Å². The van der Waals surface area contributed by atoms with Crippen LogP contribution >= 0.6 is 22.9 Å². The van der Waals surface area contributed by atoms with Crippen molar-refractivity contribution in [1.29, 1.82) is 0 Å². The summed E-state index contributed by atoms with van der Waals surface area (Å²) in [4.78, 5) is 8.28. The smallest absolute Gasteiger partial charge is 0.288 e. The number of aryl methyl sites for hydroxylation is 1. The number of nitrogens with zero attached hydrogens (tertiary/aromatic N) is 2. The summed E-state index contributed by atoms with van der Waals surface area (Å²) in [6.45, 7) is 3.49. The van der Waals surface area contributed by atoms with Crippen LogP contribution < -0.4 is 4.72 Å². The number of nitrogens with one attached hydrogen (secondary N) is 1. The minimum atomic E-state index is -4.52. The molecule has 2 aromatic heterocycles. The SMILES string of the molecule is CC(c1ccc(C(F)(F)F)nc1)=S(C)(=O)Nc1nc(-c2ccc(Cl)c(C)c2)cs1. The van der Waals surface area contributed by atoms with Gasteiger partial charge in [0, 0.05) is 38.8 Å². The molecular weight excluding hydrogens is 443 g/mol. The number of alkyl halides is 3. The van der Waals surface area contributed by atoms with Crippen LogP contribution in [0.3, 0.4) is 0 Å². The highest BCUT2D eigenvalue weighted by atomic mass is 35.5. The molecule has 0 aliphatic heterocycles. The molecule has 154 valence electrons. The van der Waals surface area contributed by atoms with Gasteiger partial charge >= 0.3 is 6.18 Å². The van der Waals surface area contributed by atoms with E-state index < -0.39 is 21.6 Å². The Balaban J connectivity index is 1.87. The minimum Gasteiger partial charge on any atom is -0.288 e. The minimum absolute atomic E-state index is 0.364. The Kier molecular flexibility index (Phi) is 5.93. The molecule has 0 spiro atoms. The van der Waals surface area contributed by atoms with Crippen molar-refractivity contribution < 1.29 is 17.4 Å². The topological polar surface area (TPSA) is 54.9 Å². The number of hydrogen-bond acceptors (Lipinski definition) is 4. The van der Waals surface area contributed by atoms with Crippen LogP contribution in [-0.2, 0) is 15.9 Å². The van der Waals surface area contributed by atoms with Crippen LogP contribution in [0.5, 0.6) is 0 Å². The molecule has 1 unspecified atom stereocenters. The van der Waals surface area contributed by atoms with Crippen LogP contribution in [-0.4, -0.2) is 25.3 Å². The van der Waals surface area contributed by atoms with Crippen molar-refractivity contribution in [2.75, 3.05) is 11.0 Å². The van der Waals surface area contributed by atoms with Crippen molar-refractivity contribution >= 4 is 42.6 Å². The lowest BCUT2D eigenvalue weighted by molar-refractivity contribution is -0.141. The van der Waals surface area contributed by atoms with Gasteiger partial charge in [-0.15, -0.1) is 11.3 Å². The first kappa shape index (κ1) is 21.6. The number of anilines is 1. The molecule has 3 aromatic rings. The second-order valence-corrected chi connectivity index (χ2v) is 10.2. The zero-order chi connectivity index (χ0) is 21.4. The first-order chi connectivity index (χ1) is 13.5. The fourth-order valence-corrected chi connectivity index (χ4v) is 4.95. The van der Waals surface area contributed by atoms with E-state index in [2.05, 4.69) is 14.7 Å². The predicted octanol–water partition coefficient (Wildman–Crippen LogP) is 5.67. The molecule has 0 aliphatic carbocycles. The van der Waals surface area contributed by atoms with Gasteiger partial charge in [-0.25, -0.2) is 9.19 Å². The summed E-state index contributed by atoms with van der Waals surface area (Å²) in [5.41, 5.74) is 1.88. The van der Waals surface area contributed by atoms with Gasteiger partial charge in [0.15, 0.2) is 5.13 Å². The highest BCUT2D eigenvalue weighted by molar-refractivity contribution is 8.03. The Hall–Kier alpha value is -2.10. The number of hydrogen-bond donors (Lipinski definition) is 1. The molecule has 1 N–H and O–H groups in total. The fraction of sp³-hybridized carbons (Fsp3) is 0.211. The van der Waals surface area contributed by atoms with Crippen LogP contribution in [0.4, 0.5) is 18.3 Å². The maximum absolute atomic E-state index is 13.1. The molecular formula is C19H17ClF3N3OS2. The molecule has 4 nitrogen and oxygen atoms in total. The maximum Gasteiger partial charge on any atom is 0.433 e. The summed E-state index contributed by atoms with van der Waals surface area (Å²) in [7, 11) is -2.78. The van der Waals surface area contributed by atoms with Gasteiger partial charge in [-0.1, -0.05) is 23.7 Å². The van der Waals surface area contributed by atoms with Gasteiger partial charge in [-0.05, 0) is 37.6 Å². The average molecular weight is 460 g/mol. The zero-order valence-electron chi connectivity index (χ0n) is 15.7. The number of halogens is 4. The van der Waals surface area contributed by atoms with Gasteiger partial charge in [0.05, 0.1) is 15.4 Å². The molecule has 0 saturated carbocycles. The number of thiazole rings is 1. The van der Waals surface area contributed by atoms with Crippen LogP contribution in [0.25, 0.3) is 11.3 Å². The molecule has 0 saturated heterocycles. The summed E-state index contributed by atoms with van der Waals surface area (Å²) in [6.07, 6.45) is -1.96. The third kappa shape index (κ3) is 4.91. The zero-order valence-corrected chi connectivity index (χ0v) is 18.1. The van der Waals surface area contributed by atoms with E-state index in [-0.39, 0.29) is 0 Å². The Morgan fingerprint density at radius 1 is 1.24 bits per heavy atom. The number of benzene rings is 1. The summed E-state index contributed by atoms with van der Waals surface area (Å²) >= 11 is 7.34. The van der Waals surface area contributed by atoms with Crippen molar-refractivity contribution in [3.8, 4) is 11.3 Å². The normalized spacial score (nSPS) is 13.8. The molecule has 2 heterocycles. The van der Waals surface area contributed by atoms with E-state index in [0.29, 0.717) is 26.3 Å². The average Bonchev–Trinajstić information content (AvgIpc) is 3.10. The van der Waals surface area contributed by atoms with Crippen molar-refractivity contribution in [2.24, 2.45) is 0 Å². The first-order valence-corrected chi connectivity index (χ1v) is 11.6. The number of pyridine rings is 1. The lowest BCUT2D eigenvalue weighted by atomic mass is 10.1. The summed E-state index contributed by atoms with van der Waals surface area (Å²) < 4.78 is 54.1. The van der Waals surface area contributed by atoms with Crippen LogP contribution in [0.1, 0.15) is 23.7 Å². The van der Waals surface area contributed by atoms with E-state index in [1.54, 1.807) is 13.0 Å². The van der Waals surface area contributed by atoms with E-state index in [1.165, 1.54) is 23.7 Å². The maximum atomic E-state index is 13.1. The van der Waals surface area contributed by atoms with Gasteiger partial charge < -0.3 is 0 Å². The third-order valence-electron chi connectivity index (χ3n) is 4.28. The van der Waals surface area contributed by atoms with Gasteiger partial charge in [0.1, 0.15) is 5.69 Å². The second kappa shape index (κ2) is 7.97. The summed E-state index contributed by atoms with van der Waals surface area (Å²) in [5, 5.41) is 2.93. The molecule has 29 heavy (non-hydrogen) atoms. The Morgan fingerprint density at radius 2 is 1.97 bits per heavy atom. The predicted molar refractivity (Wildman–Crippen MR) is 114 cm³/mol. The molecule has 1 atom stereocenters. The molecule has 0 aliphatic rings. The number of aromatic nitrogens is 2. The molecule has 0 amide bonds. The van der Waals surface area contributed by atoms with Crippen molar-refractivity contribution in [3.05, 3.63) is 63.8 Å². The Morgan fingerprint density at radius 3 is 2.55 bits per heavy atom. The number of rotatable bonds is 4. The van der Waals surface area contributed by atoms with Crippen molar-refractivity contribution in [3.63, 3.8) is 0 Å². The van der Waals surface area contributed by atoms with Crippen LogP contribution in [0.15, 0.2) is 41.9 Å². The van der Waals surface area contributed by atoms with Gasteiger partial charge in [0.2, 0.25) is 0 Å². The highest BCUT2D eigenvalue weighted by Gasteiger charge is 2.32. The monoisotopic (exact) mass is 459 g/mol. The van der Waals surface area contributed by atoms with Crippen LogP contribution in [0, 0.1) is 6.92 Å². The quantitative estimate of drug-likeness (QED) is 0.404. The van der Waals surface area contributed by atoms with Gasteiger partial charge in [-0.3, -0.25) is 9.71 Å². The molecule has 1 aromatic carbocycles. The summed E-state index contributed by atoms with van der Waals surface area (Å²) in [5.74, 6) is 0. The third-order valence-corrected chi connectivity index (χ3v) is 7.58. The van der Waals surface area contributed by atoms with Crippen molar-refractivity contribution in [1.82, 2.24) is 9.97 Å². The first-order valence-electron chi connectivity index (χ1n) is 8.33. The highest BCUT2D eigenvalue weighted by Crippen LogP contribution is 2.29. The summed E-state index contributed by atoms with van der Waals surface area (Å²) in [6, 6.07) is 7.69. The largest absolute Gasteiger partial charge is 0.433 e. The molecule has 0 bridgehead atoms. The van der Waals surface area contributed by atoms with Crippen LogP contribution in [0.2, 0.25) is 5.02 Å². The van der Waals surface area contributed by atoms with E-state index in [4.69, 9.17) is 11.6 Å². The molecule has 3 rings (SSSR count). The Bertz CT molecular complexity index is 1160. The lowest BCUT2D eigenvalue weighted by Crippen LogP contribution is -2.20. The van der Waals surface area contributed by atoms with Gasteiger partial charge in [0.25, 0.3) is 0 Å². The van der Waals surface area contributed by atoms with E-state index >= 15 is 0 Å². The van der Waals surface area contributed by atoms with Crippen molar-refractivity contribution in [2.45, 2.75) is 20.0 Å².